The fourth-order valence-electron chi connectivity index (χ4n) is 3.24. The number of aliphatic imine (C=N–C) groups is 1. The monoisotopic (exact) mass is 514 g/mol. The summed E-state index contributed by atoms with van der Waals surface area (Å²) in [4.78, 5) is 15.8. The molecule has 1 aromatic heterocycles. The fourth-order valence-corrected chi connectivity index (χ4v) is 3.82. The first-order valence-corrected chi connectivity index (χ1v) is 11.8. The third-order valence-corrected chi connectivity index (χ3v) is 5.48. The predicted molar refractivity (Wildman–Crippen MR) is 125 cm³/mol. The number of carbonyl (C=O) groups is 1. The molecule has 1 aliphatic heterocycles. The van der Waals surface area contributed by atoms with Gasteiger partial charge in [-0.25, -0.2) is 4.99 Å². The van der Waals surface area contributed by atoms with Crippen LogP contribution in [0.4, 0.5) is 0 Å². The van der Waals surface area contributed by atoms with Crippen molar-refractivity contribution in [3.63, 3.8) is 0 Å². The average molecular weight is 515 g/mol. The van der Waals surface area contributed by atoms with Crippen LogP contribution in [-0.2, 0) is 30.3 Å². The van der Waals surface area contributed by atoms with E-state index in [-0.39, 0.29) is 20.0 Å². The van der Waals surface area contributed by atoms with E-state index in [1.54, 1.807) is 18.2 Å². The number of hydrogen-bond donors (Lipinski definition) is 0. The summed E-state index contributed by atoms with van der Waals surface area (Å²) < 4.78 is 33.2. The topological polar surface area (TPSA) is 102 Å². The number of nitrogens with zero attached hydrogens (tertiary/aromatic N) is 2. The van der Waals surface area contributed by atoms with Crippen molar-refractivity contribution in [3.8, 4) is 5.75 Å². The van der Waals surface area contributed by atoms with E-state index in [2.05, 4.69) is 17.1 Å². The van der Waals surface area contributed by atoms with Crippen molar-refractivity contribution in [1.29, 1.82) is 0 Å². The number of carbonyl (C=O) groups excluding carboxylic acids is 1. The molecule has 11 heteroatoms. The number of halogens is 2. The van der Waals surface area contributed by atoms with E-state index in [1.165, 1.54) is 13.2 Å². The molecular formula is C23H28Cl2N2O7. The Morgan fingerprint density at radius 1 is 1.24 bits per heavy atom. The molecular weight excluding hydrogens is 487 g/mol. The maximum Gasteiger partial charge on any atom is 0.302 e. The number of ether oxygens (including phenoxy) is 5. The van der Waals surface area contributed by atoms with Crippen LogP contribution in [0.1, 0.15) is 44.4 Å². The molecule has 3 rings (SSSR count). The Hall–Kier alpha value is -2.33. The van der Waals surface area contributed by atoms with Gasteiger partial charge >= 0.3 is 5.97 Å². The van der Waals surface area contributed by atoms with Crippen LogP contribution in [0.25, 0.3) is 0 Å². The molecule has 0 N–H and O–H groups in total. The molecule has 0 aliphatic carbocycles. The van der Waals surface area contributed by atoms with E-state index < -0.39 is 18.2 Å². The first-order chi connectivity index (χ1) is 16.5. The summed E-state index contributed by atoms with van der Waals surface area (Å²) in [6.07, 6.45) is 2.73. The minimum absolute atomic E-state index is 0.0188. The lowest BCUT2D eigenvalue weighted by Crippen LogP contribution is -2.39. The quantitative estimate of drug-likeness (QED) is 0.201. The maximum absolute atomic E-state index is 11.5. The van der Waals surface area contributed by atoms with E-state index in [9.17, 15) is 4.79 Å². The predicted octanol–water partition coefficient (Wildman–Crippen LogP) is 4.82. The minimum Gasteiger partial charge on any atom is -0.484 e. The summed E-state index contributed by atoms with van der Waals surface area (Å²) in [6.45, 7) is 4.64. The Kier molecular flexibility index (Phi) is 10.5. The van der Waals surface area contributed by atoms with Gasteiger partial charge < -0.3 is 28.2 Å². The normalized spacial score (nSPS) is 14.9. The number of hydrogen-bond acceptors (Lipinski definition) is 9. The second-order valence-corrected chi connectivity index (χ2v) is 8.38. The van der Waals surface area contributed by atoms with Crippen LogP contribution in [0.5, 0.6) is 5.75 Å². The number of rotatable bonds is 14. The molecule has 1 aliphatic rings. The van der Waals surface area contributed by atoms with Crippen LogP contribution in [0.15, 0.2) is 34.0 Å². The van der Waals surface area contributed by atoms with Crippen LogP contribution >= 0.6 is 23.2 Å². The van der Waals surface area contributed by atoms with Gasteiger partial charge in [0.15, 0.2) is 5.75 Å². The standard InChI is InChI=1S/C23H28Cl2N2O7/c1-3-4-5-20(21(13-31-15(2)28)32-14-29-12-17-6-8-33-27-17)34-22-18(24)10-16(11-19(22)25)23-26-7-9-30-23/h6,8,10-11,20-21H,3-5,7,9,12-14H2,1-2H3. The van der Waals surface area contributed by atoms with E-state index in [1.807, 2.05) is 0 Å². The number of esters is 1. The first-order valence-electron chi connectivity index (χ1n) is 11.0. The van der Waals surface area contributed by atoms with Crippen molar-refractivity contribution in [2.75, 3.05) is 26.6 Å². The Labute approximate surface area is 208 Å². The summed E-state index contributed by atoms with van der Waals surface area (Å²) in [6, 6.07) is 5.10. The van der Waals surface area contributed by atoms with Crippen molar-refractivity contribution >= 4 is 35.1 Å². The fraction of sp³-hybridized carbons (Fsp3) is 0.522. The van der Waals surface area contributed by atoms with Crippen LogP contribution < -0.4 is 4.74 Å². The molecule has 0 saturated carbocycles. The lowest BCUT2D eigenvalue weighted by Gasteiger charge is -2.28. The van der Waals surface area contributed by atoms with E-state index >= 15 is 0 Å². The highest BCUT2D eigenvalue weighted by Crippen LogP contribution is 2.36. The molecule has 1 aromatic carbocycles. The van der Waals surface area contributed by atoms with Gasteiger partial charge in [-0.15, -0.1) is 0 Å². The summed E-state index contributed by atoms with van der Waals surface area (Å²) in [7, 11) is 0. The molecule has 0 spiro atoms. The summed E-state index contributed by atoms with van der Waals surface area (Å²) in [5.74, 6) is 0.383. The molecule has 2 heterocycles. The molecule has 2 atom stereocenters. The first kappa shape index (κ1) is 26.3. The summed E-state index contributed by atoms with van der Waals surface area (Å²) >= 11 is 13.0. The highest BCUT2D eigenvalue weighted by molar-refractivity contribution is 6.37. The van der Waals surface area contributed by atoms with Crippen molar-refractivity contribution in [2.24, 2.45) is 4.99 Å². The van der Waals surface area contributed by atoms with E-state index in [4.69, 9.17) is 51.4 Å². The molecule has 2 aromatic rings. The molecule has 186 valence electrons. The number of benzene rings is 1. The number of aromatic nitrogens is 1. The van der Waals surface area contributed by atoms with Gasteiger partial charge in [-0.1, -0.05) is 41.7 Å². The van der Waals surface area contributed by atoms with E-state index in [0.29, 0.717) is 52.5 Å². The highest BCUT2D eigenvalue weighted by atomic mass is 35.5. The maximum atomic E-state index is 11.5. The Bertz CT molecular complexity index is 930. The van der Waals surface area contributed by atoms with Gasteiger partial charge in [-0.05, 0) is 25.0 Å². The van der Waals surface area contributed by atoms with Gasteiger partial charge in [0.2, 0.25) is 5.90 Å². The molecule has 9 nitrogen and oxygen atoms in total. The van der Waals surface area contributed by atoms with Crippen molar-refractivity contribution in [2.45, 2.75) is 51.9 Å². The van der Waals surface area contributed by atoms with Crippen molar-refractivity contribution < 1.29 is 33.0 Å². The SMILES string of the molecule is CCCCC(Oc1c(Cl)cc(C2=NCCO2)cc1Cl)C(COC(C)=O)OCOCc1ccon1. The second kappa shape index (κ2) is 13.5. The highest BCUT2D eigenvalue weighted by Gasteiger charge is 2.28. The van der Waals surface area contributed by atoms with Crippen LogP contribution in [0, 0.1) is 0 Å². The Morgan fingerprint density at radius 3 is 2.65 bits per heavy atom. The van der Waals surface area contributed by atoms with E-state index in [0.717, 1.165) is 12.8 Å². The van der Waals surface area contributed by atoms with Gasteiger partial charge in [-0.3, -0.25) is 4.79 Å². The average Bonchev–Trinajstić information content (AvgIpc) is 3.52. The molecule has 0 bridgehead atoms. The zero-order valence-electron chi connectivity index (χ0n) is 19.1. The van der Waals surface area contributed by atoms with Gasteiger partial charge in [0.05, 0.1) is 23.2 Å². The van der Waals surface area contributed by atoms with Gasteiger partial charge in [0.1, 0.15) is 44.2 Å². The number of unbranched alkanes of at least 4 members (excludes halogenated alkanes) is 1. The molecule has 0 saturated heterocycles. The zero-order chi connectivity index (χ0) is 24.3. The molecule has 0 radical (unpaired) electrons. The molecule has 34 heavy (non-hydrogen) atoms. The van der Waals surface area contributed by atoms with Gasteiger partial charge in [-0.2, -0.15) is 0 Å². The third kappa shape index (κ3) is 7.87. The largest absolute Gasteiger partial charge is 0.484 e. The summed E-state index contributed by atoms with van der Waals surface area (Å²) in [5, 5.41) is 4.41. The van der Waals surface area contributed by atoms with Crippen LogP contribution in [0.3, 0.4) is 0 Å². The minimum atomic E-state index is -0.623. The molecule has 2 unspecified atom stereocenters. The molecule has 0 amide bonds. The van der Waals surface area contributed by atoms with Crippen molar-refractivity contribution in [1.82, 2.24) is 5.16 Å². The zero-order valence-corrected chi connectivity index (χ0v) is 20.6. The smallest absolute Gasteiger partial charge is 0.302 e. The Morgan fingerprint density at radius 2 is 2.03 bits per heavy atom. The van der Waals surface area contributed by atoms with Gasteiger partial charge in [0, 0.05) is 18.6 Å². The molecule has 0 fully saturated rings. The van der Waals surface area contributed by atoms with Gasteiger partial charge in [0.25, 0.3) is 0 Å². The lowest BCUT2D eigenvalue weighted by atomic mass is 10.1. The van der Waals surface area contributed by atoms with Crippen LogP contribution in [-0.4, -0.2) is 55.8 Å². The summed E-state index contributed by atoms with van der Waals surface area (Å²) in [5.41, 5.74) is 1.31. The second-order valence-electron chi connectivity index (χ2n) is 7.57. The Balaban J connectivity index is 1.72. The lowest BCUT2D eigenvalue weighted by molar-refractivity contribution is -0.162. The van der Waals surface area contributed by atoms with Crippen molar-refractivity contribution in [3.05, 3.63) is 45.8 Å². The third-order valence-electron chi connectivity index (χ3n) is 4.91. The van der Waals surface area contributed by atoms with Crippen LogP contribution in [0.2, 0.25) is 10.0 Å².